The zero-order valence-electron chi connectivity index (χ0n) is 5.82. The Hall–Kier alpha value is -0.850. The zero-order chi connectivity index (χ0) is 7.02. The van der Waals surface area contributed by atoms with Gasteiger partial charge in [-0.15, -0.1) is 0 Å². The van der Waals surface area contributed by atoms with Crippen molar-refractivity contribution in [2.24, 2.45) is 0 Å². The monoisotopic (exact) mass is 122 g/mol. The summed E-state index contributed by atoms with van der Waals surface area (Å²) in [6, 6.07) is 0. The fraction of sp³-hybridized carbons (Fsp3) is 0.375. The first-order valence-electron chi connectivity index (χ1n) is 3.01. The Morgan fingerprint density at radius 1 is 1.33 bits per heavy atom. The highest BCUT2D eigenvalue weighted by atomic mass is 16.1. The van der Waals surface area contributed by atoms with Crippen molar-refractivity contribution in [3.63, 3.8) is 0 Å². The van der Waals surface area contributed by atoms with Gasteiger partial charge in [0, 0.05) is 6.42 Å². The number of ketones is 1. The maximum atomic E-state index is 10.9. The molecule has 0 heterocycles. The molecule has 1 nitrogen and oxygen atoms in total. The second-order valence-corrected chi connectivity index (χ2v) is 2.45. The van der Waals surface area contributed by atoms with Crippen LogP contribution in [-0.2, 0) is 4.79 Å². The largest absolute Gasteiger partial charge is 0.294 e. The van der Waals surface area contributed by atoms with Crippen LogP contribution in [0, 0.1) is 0 Å². The molecule has 0 amide bonds. The molecular weight excluding hydrogens is 112 g/mol. The van der Waals surface area contributed by atoms with E-state index in [1.165, 1.54) is 0 Å². The van der Waals surface area contributed by atoms with Crippen LogP contribution in [0.1, 0.15) is 20.3 Å². The van der Waals surface area contributed by atoms with E-state index >= 15 is 0 Å². The van der Waals surface area contributed by atoms with E-state index in [2.05, 4.69) is 6.58 Å². The highest BCUT2D eigenvalue weighted by Gasteiger charge is 2.18. The third-order valence-electron chi connectivity index (χ3n) is 1.89. The maximum Gasteiger partial charge on any atom is 0.163 e. The minimum absolute atomic E-state index is 0.234. The molecule has 0 spiro atoms. The summed E-state index contributed by atoms with van der Waals surface area (Å²) in [5.74, 6) is 0.234. The summed E-state index contributed by atoms with van der Waals surface area (Å²) in [5, 5.41) is 0. The predicted octanol–water partition coefficient (Wildman–Crippen LogP) is 1.85. The van der Waals surface area contributed by atoms with Gasteiger partial charge in [0.05, 0.1) is 0 Å². The minimum Gasteiger partial charge on any atom is -0.294 e. The lowest BCUT2D eigenvalue weighted by atomic mass is 10.1. The number of hydrogen-bond acceptors (Lipinski definition) is 1. The van der Waals surface area contributed by atoms with Crippen molar-refractivity contribution >= 4 is 5.78 Å². The molecule has 48 valence electrons. The van der Waals surface area contributed by atoms with Crippen LogP contribution in [0.3, 0.4) is 0 Å². The van der Waals surface area contributed by atoms with Crippen LogP contribution in [-0.4, -0.2) is 5.78 Å². The number of carbonyl (C=O) groups is 1. The van der Waals surface area contributed by atoms with Gasteiger partial charge >= 0.3 is 0 Å². The zero-order valence-corrected chi connectivity index (χ0v) is 5.82. The number of rotatable bonds is 0. The summed E-state index contributed by atoms with van der Waals surface area (Å²) in [5.41, 5.74) is 2.96. The number of allylic oxidation sites excluding steroid dienone is 3. The Morgan fingerprint density at radius 2 is 1.89 bits per heavy atom. The summed E-state index contributed by atoms with van der Waals surface area (Å²) in [6.45, 7) is 7.56. The number of hydrogen-bond donors (Lipinski definition) is 0. The molecule has 0 atom stereocenters. The van der Waals surface area contributed by atoms with Gasteiger partial charge in [-0.25, -0.2) is 0 Å². The Labute approximate surface area is 55.1 Å². The van der Waals surface area contributed by atoms with Crippen molar-refractivity contribution in [2.45, 2.75) is 20.3 Å². The first-order chi connectivity index (χ1) is 4.13. The van der Waals surface area contributed by atoms with Crippen molar-refractivity contribution < 1.29 is 4.79 Å². The second kappa shape index (κ2) is 1.83. The van der Waals surface area contributed by atoms with Gasteiger partial charge in [0.2, 0.25) is 0 Å². The van der Waals surface area contributed by atoms with Crippen LogP contribution >= 0.6 is 0 Å². The third kappa shape index (κ3) is 0.826. The van der Waals surface area contributed by atoms with Crippen molar-refractivity contribution in [3.05, 3.63) is 23.3 Å². The number of Topliss-reactive ketones (excluding diaryl/α,β-unsaturated/α-hetero) is 1. The summed E-state index contributed by atoms with van der Waals surface area (Å²) < 4.78 is 0. The molecule has 1 heteroatoms. The lowest BCUT2D eigenvalue weighted by Crippen LogP contribution is -1.89. The van der Waals surface area contributed by atoms with Crippen LogP contribution in [0.25, 0.3) is 0 Å². The normalized spacial score (nSPS) is 19.8. The van der Waals surface area contributed by atoms with Crippen LogP contribution in [0.15, 0.2) is 23.3 Å². The average Bonchev–Trinajstić information content (AvgIpc) is 1.98. The SMILES string of the molecule is C=C1CC(=O)C(C)=C1C. The lowest BCUT2D eigenvalue weighted by molar-refractivity contribution is -0.114. The Morgan fingerprint density at radius 3 is 2.00 bits per heavy atom. The molecule has 0 saturated carbocycles. The molecule has 0 aromatic carbocycles. The fourth-order valence-corrected chi connectivity index (χ4v) is 0.933. The molecule has 1 rings (SSSR count). The highest BCUT2D eigenvalue weighted by Crippen LogP contribution is 2.25. The van der Waals surface area contributed by atoms with Crippen molar-refractivity contribution in [3.8, 4) is 0 Å². The standard InChI is InChI=1S/C8H10O/c1-5-4-8(9)7(3)6(5)2/h1,4H2,2-3H3. The van der Waals surface area contributed by atoms with Gasteiger partial charge in [-0.1, -0.05) is 6.58 Å². The molecule has 1 aliphatic rings. The summed E-state index contributed by atoms with van der Waals surface area (Å²) in [4.78, 5) is 10.9. The van der Waals surface area contributed by atoms with Gasteiger partial charge in [0.15, 0.2) is 5.78 Å². The van der Waals surface area contributed by atoms with Gasteiger partial charge in [-0.2, -0.15) is 0 Å². The van der Waals surface area contributed by atoms with Crippen molar-refractivity contribution in [1.29, 1.82) is 0 Å². The molecular formula is C8H10O. The fourth-order valence-electron chi connectivity index (χ4n) is 0.933. The van der Waals surface area contributed by atoms with Crippen LogP contribution < -0.4 is 0 Å². The van der Waals surface area contributed by atoms with E-state index in [-0.39, 0.29) is 5.78 Å². The first-order valence-corrected chi connectivity index (χ1v) is 3.01. The smallest absolute Gasteiger partial charge is 0.163 e. The van der Waals surface area contributed by atoms with Gasteiger partial charge < -0.3 is 0 Å². The first kappa shape index (κ1) is 6.27. The second-order valence-electron chi connectivity index (χ2n) is 2.45. The summed E-state index contributed by atoms with van der Waals surface area (Å²) >= 11 is 0. The quantitative estimate of drug-likeness (QED) is 0.479. The molecule has 0 saturated heterocycles. The predicted molar refractivity (Wildman–Crippen MR) is 37.1 cm³/mol. The van der Waals surface area contributed by atoms with E-state index in [0.717, 1.165) is 16.7 Å². The van der Waals surface area contributed by atoms with Crippen molar-refractivity contribution in [1.82, 2.24) is 0 Å². The Balaban J connectivity index is 3.06. The molecule has 0 N–H and O–H groups in total. The van der Waals surface area contributed by atoms with Gasteiger partial charge in [-0.05, 0) is 30.6 Å². The Kier molecular flexibility index (Phi) is 1.28. The lowest BCUT2D eigenvalue weighted by Gasteiger charge is -1.90. The van der Waals surface area contributed by atoms with E-state index in [4.69, 9.17) is 0 Å². The van der Waals surface area contributed by atoms with E-state index < -0.39 is 0 Å². The van der Waals surface area contributed by atoms with Crippen LogP contribution in [0.2, 0.25) is 0 Å². The van der Waals surface area contributed by atoms with E-state index in [1.807, 2.05) is 13.8 Å². The summed E-state index contributed by atoms with van der Waals surface area (Å²) in [6.07, 6.45) is 0.539. The van der Waals surface area contributed by atoms with E-state index in [1.54, 1.807) is 0 Å². The topological polar surface area (TPSA) is 17.1 Å². The van der Waals surface area contributed by atoms with E-state index in [0.29, 0.717) is 6.42 Å². The molecule has 0 unspecified atom stereocenters. The maximum absolute atomic E-state index is 10.9. The average molecular weight is 122 g/mol. The van der Waals surface area contributed by atoms with Crippen LogP contribution in [0.4, 0.5) is 0 Å². The van der Waals surface area contributed by atoms with Gasteiger partial charge in [0.25, 0.3) is 0 Å². The minimum atomic E-state index is 0.234. The van der Waals surface area contributed by atoms with Crippen LogP contribution in [0.5, 0.6) is 0 Å². The molecule has 0 aliphatic heterocycles. The van der Waals surface area contributed by atoms with Crippen molar-refractivity contribution in [2.75, 3.05) is 0 Å². The molecule has 9 heavy (non-hydrogen) atoms. The van der Waals surface area contributed by atoms with Gasteiger partial charge in [-0.3, -0.25) is 4.79 Å². The Bertz CT molecular complexity index is 187. The summed E-state index contributed by atoms with van der Waals surface area (Å²) in [7, 11) is 0. The molecule has 0 bridgehead atoms. The molecule has 1 aliphatic carbocycles. The molecule has 0 radical (unpaired) electrons. The van der Waals surface area contributed by atoms with E-state index in [9.17, 15) is 4.79 Å². The molecule has 0 aromatic rings. The number of carbonyl (C=O) groups excluding carboxylic acids is 1. The highest BCUT2D eigenvalue weighted by molar-refractivity contribution is 6.01. The molecule has 0 fully saturated rings. The molecule has 0 aromatic heterocycles. The van der Waals surface area contributed by atoms with Gasteiger partial charge in [0.1, 0.15) is 0 Å². The third-order valence-corrected chi connectivity index (χ3v) is 1.89.